The fraction of sp³-hybridized carbons (Fsp3) is 0.138. The van der Waals surface area contributed by atoms with Gasteiger partial charge in [-0.1, -0.05) is 29.8 Å². The Labute approximate surface area is 217 Å². The standard InChI is InChI=1S/C29H23F3N4O2/c1-18-4-6-19(7-5-18)24-17-27(29(30,31)32)34-28(33-24)36-26(21-10-14-23(38-3)15-11-21)16-25(35-36)20-8-12-22(37-2)13-9-20/h4-17H,1-3H3. The Morgan fingerprint density at radius 3 is 1.74 bits per heavy atom. The summed E-state index contributed by atoms with van der Waals surface area (Å²) in [5, 5.41) is 4.65. The van der Waals surface area contributed by atoms with E-state index in [9.17, 15) is 13.2 Å². The van der Waals surface area contributed by atoms with Gasteiger partial charge in [-0.15, -0.1) is 0 Å². The summed E-state index contributed by atoms with van der Waals surface area (Å²) in [6.45, 7) is 1.90. The van der Waals surface area contributed by atoms with E-state index in [1.165, 1.54) is 4.68 Å². The predicted molar refractivity (Wildman–Crippen MR) is 138 cm³/mol. The van der Waals surface area contributed by atoms with Gasteiger partial charge in [-0.3, -0.25) is 0 Å². The zero-order chi connectivity index (χ0) is 26.9. The molecule has 0 unspecified atom stereocenters. The topological polar surface area (TPSA) is 62.1 Å². The molecular weight excluding hydrogens is 493 g/mol. The van der Waals surface area contributed by atoms with Gasteiger partial charge in [-0.05, 0) is 67.6 Å². The van der Waals surface area contributed by atoms with Crippen molar-refractivity contribution in [2.24, 2.45) is 0 Å². The monoisotopic (exact) mass is 516 g/mol. The predicted octanol–water partition coefficient (Wildman–Crippen LogP) is 7.01. The van der Waals surface area contributed by atoms with Crippen molar-refractivity contribution in [3.05, 3.63) is 96.2 Å². The van der Waals surface area contributed by atoms with Gasteiger partial charge in [0.1, 0.15) is 11.5 Å². The van der Waals surface area contributed by atoms with Crippen LogP contribution in [-0.2, 0) is 6.18 Å². The average Bonchev–Trinajstić information content (AvgIpc) is 3.38. The first-order valence-corrected chi connectivity index (χ1v) is 11.7. The number of halogens is 3. The van der Waals surface area contributed by atoms with Gasteiger partial charge in [0.25, 0.3) is 5.95 Å². The summed E-state index contributed by atoms with van der Waals surface area (Å²) < 4.78 is 53.7. The maximum Gasteiger partial charge on any atom is 0.433 e. The van der Waals surface area contributed by atoms with Crippen molar-refractivity contribution in [1.82, 2.24) is 19.7 Å². The average molecular weight is 517 g/mol. The number of methoxy groups -OCH3 is 2. The first-order chi connectivity index (χ1) is 18.2. The quantitative estimate of drug-likeness (QED) is 0.243. The van der Waals surface area contributed by atoms with Crippen LogP contribution in [0.1, 0.15) is 11.3 Å². The van der Waals surface area contributed by atoms with Crippen LogP contribution in [0.25, 0.3) is 39.7 Å². The van der Waals surface area contributed by atoms with Gasteiger partial charge >= 0.3 is 6.18 Å². The summed E-state index contributed by atoms with van der Waals surface area (Å²) in [6.07, 6.45) is -4.68. The number of hydrogen-bond donors (Lipinski definition) is 0. The molecule has 0 saturated heterocycles. The van der Waals surface area contributed by atoms with Crippen LogP contribution in [0.4, 0.5) is 13.2 Å². The van der Waals surface area contributed by atoms with Gasteiger partial charge in [-0.2, -0.15) is 23.0 Å². The van der Waals surface area contributed by atoms with Crippen molar-refractivity contribution < 1.29 is 22.6 Å². The Kier molecular flexibility index (Phi) is 6.59. The van der Waals surface area contributed by atoms with Gasteiger partial charge in [0.15, 0.2) is 5.69 Å². The number of nitrogens with zero attached hydrogens (tertiary/aromatic N) is 4. The van der Waals surface area contributed by atoms with E-state index in [0.717, 1.165) is 17.2 Å². The highest BCUT2D eigenvalue weighted by Crippen LogP contribution is 2.34. The second-order valence-corrected chi connectivity index (χ2v) is 8.59. The van der Waals surface area contributed by atoms with Gasteiger partial charge in [0, 0.05) is 16.7 Å². The third-order valence-electron chi connectivity index (χ3n) is 6.02. The Bertz CT molecular complexity index is 1560. The lowest BCUT2D eigenvalue weighted by Gasteiger charge is -2.13. The number of rotatable bonds is 6. The van der Waals surface area contributed by atoms with E-state index in [0.29, 0.717) is 34.0 Å². The molecule has 0 fully saturated rings. The molecule has 5 rings (SSSR count). The van der Waals surface area contributed by atoms with Crippen LogP contribution in [0.15, 0.2) is 84.9 Å². The molecule has 192 valence electrons. The molecule has 0 bridgehead atoms. The van der Waals surface area contributed by atoms with Crippen molar-refractivity contribution in [3.63, 3.8) is 0 Å². The van der Waals surface area contributed by atoms with Crippen molar-refractivity contribution in [1.29, 1.82) is 0 Å². The van der Waals surface area contributed by atoms with Crippen molar-refractivity contribution >= 4 is 0 Å². The third kappa shape index (κ3) is 5.08. The molecule has 3 aromatic carbocycles. The zero-order valence-corrected chi connectivity index (χ0v) is 20.8. The van der Waals surface area contributed by atoms with Crippen LogP contribution in [0.2, 0.25) is 0 Å². The van der Waals surface area contributed by atoms with Crippen molar-refractivity contribution in [2.75, 3.05) is 14.2 Å². The second kappa shape index (κ2) is 10.0. The Morgan fingerprint density at radius 1 is 0.658 bits per heavy atom. The number of alkyl halides is 3. The third-order valence-corrected chi connectivity index (χ3v) is 6.02. The minimum absolute atomic E-state index is 0.143. The fourth-order valence-electron chi connectivity index (χ4n) is 3.95. The Morgan fingerprint density at radius 2 is 1.18 bits per heavy atom. The van der Waals surface area contributed by atoms with Crippen molar-refractivity contribution in [3.8, 4) is 51.2 Å². The fourth-order valence-corrected chi connectivity index (χ4v) is 3.95. The highest BCUT2D eigenvalue weighted by molar-refractivity contribution is 5.71. The molecule has 6 nitrogen and oxygen atoms in total. The first-order valence-electron chi connectivity index (χ1n) is 11.7. The van der Waals surface area contributed by atoms with E-state index in [-0.39, 0.29) is 11.6 Å². The van der Waals surface area contributed by atoms with E-state index in [1.54, 1.807) is 68.8 Å². The molecule has 0 amide bonds. The molecule has 0 spiro atoms. The Hall–Kier alpha value is -4.66. The molecule has 2 heterocycles. The van der Waals surface area contributed by atoms with Crippen LogP contribution in [-0.4, -0.2) is 34.0 Å². The van der Waals surface area contributed by atoms with Crippen molar-refractivity contribution in [2.45, 2.75) is 13.1 Å². The largest absolute Gasteiger partial charge is 0.497 e. The smallest absolute Gasteiger partial charge is 0.433 e. The second-order valence-electron chi connectivity index (χ2n) is 8.59. The zero-order valence-electron chi connectivity index (χ0n) is 20.8. The lowest BCUT2D eigenvalue weighted by Crippen LogP contribution is -2.14. The van der Waals surface area contributed by atoms with Crippen LogP contribution in [0.3, 0.4) is 0 Å². The number of hydrogen-bond acceptors (Lipinski definition) is 5. The lowest BCUT2D eigenvalue weighted by atomic mass is 10.1. The number of benzene rings is 3. The molecule has 0 saturated carbocycles. The summed E-state index contributed by atoms with van der Waals surface area (Å²) in [5.74, 6) is 1.13. The van der Waals surface area contributed by atoms with Gasteiger partial charge in [0.05, 0.1) is 31.3 Å². The summed E-state index contributed by atoms with van der Waals surface area (Å²) in [6, 6.07) is 24.2. The molecule has 0 atom stereocenters. The molecular formula is C29H23F3N4O2. The van der Waals surface area contributed by atoms with E-state index in [2.05, 4.69) is 15.1 Å². The van der Waals surface area contributed by atoms with Crippen LogP contribution >= 0.6 is 0 Å². The Balaban J connectivity index is 1.72. The normalized spacial score (nSPS) is 11.4. The number of aryl methyl sites for hydroxylation is 1. The lowest BCUT2D eigenvalue weighted by molar-refractivity contribution is -0.141. The van der Waals surface area contributed by atoms with E-state index < -0.39 is 11.9 Å². The highest BCUT2D eigenvalue weighted by atomic mass is 19.4. The maximum absolute atomic E-state index is 13.9. The van der Waals surface area contributed by atoms with Gasteiger partial charge < -0.3 is 9.47 Å². The molecule has 0 aliphatic heterocycles. The molecule has 0 aliphatic rings. The minimum Gasteiger partial charge on any atom is -0.497 e. The molecule has 0 radical (unpaired) electrons. The SMILES string of the molecule is COc1ccc(-c2cc(-c3ccc(OC)cc3)n(-c3nc(-c4ccc(C)cc4)cc(C(F)(F)F)n3)n2)cc1. The summed E-state index contributed by atoms with van der Waals surface area (Å²) in [4.78, 5) is 8.41. The summed E-state index contributed by atoms with van der Waals surface area (Å²) >= 11 is 0. The van der Waals surface area contributed by atoms with Gasteiger partial charge in [0.2, 0.25) is 0 Å². The number of ether oxygens (including phenoxy) is 2. The molecule has 2 aromatic heterocycles. The summed E-state index contributed by atoms with van der Waals surface area (Å²) in [5.41, 5.74) is 3.13. The molecule has 0 N–H and O–H groups in total. The first kappa shape index (κ1) is 25.0. The van der Waals surface area contributed by atoms with E-state index in [4.69, 9.17) is 9.47 Å². The molecule has 5 aromatic rings. The van der Waals surface area contributed by atoms with E-state index in [1.807, 2.05) is 31.2 Å². The maximum atomic E-state index is 13.9. The molecule has 9 heteroatoms. The van der Waals surface area contributed by atoms with Gasteiger partial charge in [-0.25, -0.2) is 9.97 Å². The minimum atomic E-state index is -4.68. The highest BCUT2D eigenvalue weighted by Gasteiger charge is 2.34. The molecule has 0 aliphatic carbocycles. The van der Waals surface area contributed by atoms with Crippen LogP contribution in [0, 0.1) is 6.92 Å². The summed E-state index contributed by atoms with van der Waals surface area (Å²) in [7, 11) is 3.13. The van der Waals surface area contributed by atoms with Crippen LogP contribution in [0.5, 0.6) is 11.5 Å². The molecule has 38 heavy (non-hydrogen) atoms. The number of aromatic nitrogens is 4. The van der Waals surface area contributed by atoms with E-state index >= 15 is 0 Å². The van der Waals surface area contributed by atoms with Crippen LogP contribution < -0.4 is 9.47 Å².